The van der Waals surface area contributed by atoms with E-state index >= 15 is 0 Å². The van der Waals surface area contributed by atoms with Crippen LogP contribution in [0, 0.1) is 10.1 Å². The molecule has 0 unspecified atom stereocenters. The van der Waals surface area contributed by atoms with E-state index in [2.05, 4.69) is 15.8 Å². The monoisotopic (exact) mass is 530 g/mol. The van der Waals surface area contributed by atoms with Crippen LogP contribution in [0.25, 0.3) is 6.08 Å². The van der Waals surface area contributed by atoms with Crippen molar-refractivity contribution in [3.8, 4) is 5.75 Å². The Morgan fingerprint density at radius 1 is 1.03 bits per heavy atom. The van der Waals surface area contributed by atoms with Gasteiger partial charge in [0.25, 0.3) is 11.8 Å². The van der Waals surface area contributed by atoms with E-state index < -0.39 is 28.4 Å². The van der Waals surface area contributed by atoms with Gasteiger partial charge in [-0.1, -0.05) is 24.3 Å². The number of nitro groups is 1. The van der Waals surface area contributed by atoms with E-state index in [1.165, 1.54) is 54.2 Å². The second-order valence-corrected chi connectivity index (χ2v) is 8.42. The third-order valence-corrected chi connectivity index (χ3v) is 5.66. The number of hydrogen-bond acceptors (Lipinski definition) is 9. The molecule has 2 aromatic heterocycles. The van der Waals surface area contributed by atoms with Gasteiger partial charge in [-0.05, 0) is 53.9 Å². The molecule has 0 aliphatic rings. The van der Waals surface area contributed by atoms with Gasteiger partial charge in [-0.25, -0.2) is 10.2 Å². The van der Waals surface area contributed by atoms with Crippen molar-refractivity contribution < 1.29 is 28.5 Å². The predicted molar refractivity (Wildman–Crippen MR) is 139 cm³/mol. The lowest BCUT2D eigenvalue weighted by atomic mass is 10.2. The minimum absolute atomic E-state index is 0.0513. The van der Waals surface area contributed by atoms with Gasteiger partial charge in [-0.15, -0.1) is 11.3 Å². The van der Waals surface area contributed by atoms with Gasteiger partial charge in [0.1, 0.15) is 5.70 Å². The molecular formula is C26H18N4O7S. The summed E-state index contributed by atoms with van der Waals surface area (Å²) in [4.78, 5) is 49.0. The molecule has 0 saturated carbocycles. The zero-order chi connectivity index (χ0) is 26.9. The summed E-state index contributed by atoms with van der Waals surface area (Å²) in [6, 6.07) is 18.6. The van der Waals surface area contributed by atoms with Crippen LogP contribution >= 0.6 is 11.3 Å². The maximum atomic E-state index is 12.8. The third-order valence-electron chi connectivity index (χ3n) is 4.84. The number of benzene rings is 2. The van der Waals surface area contributed by atoms with E-state index in [1.807, 2.05) is 5.38 Å². The number of esters is 1. The maximum absolute atomic E-state index is 12.8. The molecule has 0 aliphatic heterocycles. The highest BCUT2D eigenvalue weighted by atomic mass is 32.1. The second-order valence-electron chi connectivity index (χ2n) is 7.44. The van der Waals surface area contributed by atoms with Crippen LogP contribution in [0.1, 0.15) is 31.4 Å². The fourth-order valence-electron chi connectivity index (χ4n) is 3.07. The van der Waals surface area contributed by atoms with Crippen LogP contribution in [0.4, 0.5) is 5.69 Å². The third kappa shape index (κ3) is 6.65. The molecule has 4 aromatic rings. The summed E-state index contributed by atoms with van der Waals surface area (Å²) >= 11 is 1.37. The van der Waals surface area contributed by atoms with Crippen molar-refractivity contribution in [3.05, 3.63) is 122 Å². The minimum Gasteiger partial charge on any atom is -0.457 e. The fraction of sp³-hybridized carbons (Fsp3) is 0. The summed E-state index contributed by atoms with van der Waals surface area (Å²) in [6.07, 6.45) is 3.95. The van der Waals surface area contributed by atoms with Crippen molar-refractivity contribution in [1.82, 2.24) is 10.7 Å². The van der Waals surface area contributed by atoms with Crippen LogP contribution in [0.5, 0.6) is 5.75 Å². The smallest absolute Gasteiger partial charge is 0.379 e. The van der Waals surface area contributed by atoms with Crippen molar-refractivity contribution in [3.63, 3.8) is 0 Å². The van der Waals surface area contributed by atoms with E-state index in [-0.39, 0.29) is 22.8 Å². The molecule has 0 aliphatic carbocycles. The molecule has 0 atom stereocenters. The molecule has 0 saturated heterocycles. The molecule has 38 heavy (non-hydrogen) atoms. The number of carbonyl (C=O) groups excluding carboxylic acids is 3. The van der Waals surface area contributed by atoms with Crippen molar-refractivity contribution >= 4 is 47.1 Å². The van der Waals surface area contributed by atoms with Gasteiger partial charge >= 0.3 is 11.7 Å². The Labute approximate surface area is 219 Å². The molecule has 2 aromatic carbocycles. The number of nitrogens with zero attached hydrogens (tertiary/aromatic N) is 2. The van der Waals surface area contributed by atoms with Gasteiger partial charge in [0.2, 0.25) is 11.5 Å². The van der Waals surface area contributed by atoms with Crippen LogP contribution in [-0.2, 0) is 4.79 Å². The molecule has 0 spiro atoms. The van der Waals surface area contributed by atoms with Gasteiger partial charge < -0.3 is 14.5 Å². The zero-order valence-electron chi connectivity index (χ0n) is 19.4. The Bertz CT molecular complexity index is 1510. The van der Waals surface area contributed by atoms with Gasteiger partial charge in [0, 0.05) is 22.1 Å². The normalized spacial score (nSPS) is 11.2. The number of amides is 2. The molecule has 0 radical (unpaired) electrons. The first-order chi connectivity index (χ1) is 18.4. The topological polar surface area (TPSA) is 153 Å². The van der Waals surface area contributed by atoms with Gasteiger partial charge in [0.15, 0.2) is 0 Å². The highest BCUT2D eigenvalue weighted by Gasteiger charge is 2.21. The summed E-state index contributed by atoms with van der Waals surface area (Å²) in [7, 11) is 0. The second kappa shape index (κ2) is 12.1. The van der Waals surface area contributed by atoms with Gasteiger partial charge in [0.05, 0.1) is 17.4 Å². The summed E-state index contributed by atoms with van der Waals surface area (Å²) in [5.41, 5.74) is 2.36. The molecule has 12 heteroatoms. The number of ether oxygens (including phenoxy) is 1. The summed E-state index contributed by atoms with van der Waals surface area (Å²) < 4.78 is 10.0. The largest absolute Gasteiger partial charge is 0.457 e. The molecule has 0 bridgehead atoms. The molecule has 0 fully saturated rings. The van der Waals surface area contributed by atoms with Crippen LogP contribution in [0.2, 0.25) is 0 Å². The highest BCUT2D eigenvalue weighted by molar-refractivity contribution is 7.10. The molecule has 190 valence electrons. The quantitative estimate of drug-likeness (QED) is 0.0812. The Morgan fingerprint density at radius 3 is 2.53 bits per heavy atom. The molecule has 4 rings (SSSR count). The predicted octanol–water partition coefficient (Wildman–Crippen LogP) is 4.39. The van der Waals surface area contributed by atoms with Crippen molar-refractivity contribution in [2.75, 3.05) is 0 Å². The van der Waals surface area contributed by atoms with Crippen molar-refractivity contribution in [2.24, 2.45) is 5.10 Å². The average molecular weight is 531 g/mol. The van der Waals surface area contributed by atoms with E-state index in [9.17, 15) is 24.5 Å². The van der Waals surface area contributed by atoms with Gasteiger partial charge in [-0.3, -0.25) is 19.7 Å². The summed E-state index contributed by atoms with van der Waals surface area (Å²) in [5.74, 6) is -2.49. The number of nitrogens with one attached hydrogen (secondary N) is 2. The molecule has 11 nitrogen and oxygen atoms in total. The van der Waals surface area contributed by atoms with Crippen LogP contribution in [-0.4, -0.2) is 28.9 Å². The number of nitro benzene ring substituents is 1. The fourth-order valence-corrected chi connectivity index (χ4v) is 3.73. The maximum Gasteiger partial charge on any atom is 0.379 e. The van der Waals surface area contributed by atoms with Gasteiger partial charge in [-0.2, -0.15) is 5.10 Å². The number of rotatable bonds is 9. The van der Waals surface area contributed by atoms with Crippen LogP contribution in [0.3, 0.4) is 0 Å². The Hall–Kier alpha value is -5.36. The SMILES string of the molecule is O=C(NN=Cc1ccc(OC(=O)c2ccco2)c([N+](=O)[O-])c1)C(=Cc1cccs1)NC(=O)c1ccccc1. The Balaban J connectivity index is 1.48. The van der Waals surface area contributed by atoms with Crippen molar-refractivity contribution in [2.45, 2.75) is 0 Å². The van der Waals surface area contributed by atoms with Crippen molar-refractivity contribution in [1.29, 1.82) is 0 Å². The van der Waals surface area contributed by atoms with Crippen LogP contribution in [0.15, 0.2) is 99.7 Å². The van der Waals surface area contributed by atoms with E-state index in [4.69, 9.17) is 9.15 Å². The summed E-state index contributed by atoms with van der Waals surface area (Å²) in [5, 5.41) is 19.8. The lowest BCUT2D eigenvalue weighted by molar-refractivity contribution is -0.385. The minimum atomic E-state index is -0.894. The molecule has 2 heterocycles. The van der Waals surface area contributed by atoms with E-state index in [0.717, 1.165) is 10.9 Å². The van der Waals surface area contributed by atoms with E-state index in [1.54, 1.807) is 42.5 Å². The zero-order valence-corrected chi connectivity index (χ0v) is 20.2. The number of hydrazone groups is 1. The average Bonchev–Trinajstić information content (AvgIpc) is 3.64. The first-order valence-corrected chi connectivity index (χ1v) is 11.8. The number of hydrogen-bond donors (Lipinski definition) is 2. The lowest BCUT2D eigenvalue weighted by Gasteiger charge is -2.08. The Morgan fingerprint density at radius 2 is 1.84 bits per heavy atom. The first-order valence-electron chi connectivity index (χ1n) is 10.9. The molecular weight excluding hydrogens is 512 g/mol. The van der Waals surface area contributed by atoms with E-state index in [0.29, 0.717) is 5.56 Å². The lowest BCUT2D eigenvalue weighted by Crippen LogP contribution is -2.32. The Kier molecular flexibility index (Phi) is 8.16. The van der Waals surface area contributed by atoms with Crippen LogP contribution < -0.4 is 15.5 Å². The number of furan rings is 1. The molecule has 2 N–H and O–H groups in total. The molecule has 2 amide bonds. The number of thiophene rings is 1. The first kappa shape index (κ1) is 25.7. The highest BCUT2D eigenvalue weighted by Crippen LogP contribution is 2.28. The number of carbonyl (C=O) groups is 3. The summed E-state index contributed by atoms with van der Waals surface area (Å²) in [6.45, 7) is 0. The standard InChI is InChI=1S/C26H18N4O7S/c31-24(18-6-2-1-3-7-18)28-20(15-19-8-5-13-38-19)25(32)29-27-16-17-10-11-22(21(14-17)30(34)35)37-26(33)23-9-4-12-36-23/h1-16H,(H,28,31)(H,29,32).